The van der Waals surface area contributed by atoms with Crippen LogP contribution in [0.1, 0.15) is 35.3 Å². The lowest BCUT2D eigenvalue weighted by Gasteiger charge is -2.32. The molecule has 29 heavy (non-hydrogen) atoms. The molecular formula is C22H26N4O3. The summed E-state index contributed by atoms with van der Waals surface area (Å²) >= 11 is 0. The predicted molar refractivity (Wildman–Crippen MR) is 111 cm³/mol. The number of hydrogen-bond donors (Lipinski definition) is 2. The molecule has 3 N–H and O–H groups in total. The third kappa shape index (κ3) is 6.33. The summed E-state index contributed by atoms with van der Waals surface area (Å²) in [4.78, 5) is 26.2. The average molecular weight is 394 g/mol. The number of hydrogen-bond acceptors (Lipinski definition) is 5. The largest absolute Gasteiger partial charge is 0.453 e. The van der Waals surface area contributed by atoms with E-state index in [0.717, 1.165) is 5.56 Å². The van der Waals surface area contributed by atoms with Gasteiger partial charge < -0.3 is 15.4 Å². The van der Waals surface area contributed by atoms with Crippen molar-refractivity contribution in [2.75, 3.05) is 25.5 Å². The van der Waals surface area contributed by atoms with Crippen LogP contribution in [0.25, 0.3) is 0 Å². The molecule has 0 saturated carbocycles. The van der Waals surface area contributed by atoms with Crippen LogP contribution < -0.4 is 11.1 Å². The van der Waals surface area contributed by atoms with E-state index in [1.807, 2.05) is 26.0 Å². The van der Waals surface area contributed by atoms with Gasteiger partial charge in [-0.15, -0.1) is 0 Å². The lowest BCUT2D eigenvalue weighted by Crippen LogP contribution is -2.41. The highest BCUT2D eigenvalue weighted by Gasteiger charge is 2.25. The zero-order valence-electron chi connectivity index (χ0n) is 16.9. The smallest absolute Gasteiger partial charge is 0.411 e. The molecule has 0 aliphatic heterocycles. The van der Waals surface area contributed by atoms with Crippen molar-refractivity contribution >= 4 is 17.7 Å². The highest BCUT2D eigenvalue weighted by Crippen LogP contribution is 2.20. The Balaban J connectivity index is 2.22. The fraction of sp³-hybridized carbons (Fsp3) is 0.318. The average Bonchev–Trinajstić information content (AvgIpc) is 2.74. The number of anilines is 1. The first-order valence-electron chi connectivity index (χ1n) is 9.21. The molecule has 0 aliphatic rings. The molecule has 7 heteroatoms. The normalized spacial score (nSPS) is 10.7. The summed E-state index contributed by atoms with van der Waals surface area (Å²) in [5, 5.41) is 11.5. The number of carbonyl (C=O) groups is 2. The van der Waals surface area contributed by atoms with Gasteiger partial charge in [-0.3, -0.25) is 10.1 Å². The molecule has 2 aromatic carbocycles. The summed E-state index contributed by atoms with van der Waals surface area (Å²) in [5.74, 6) is -0.132. The van der Waals surface area contributed by atoms with Crippen LogP contribution in [0.5, 0.6) is 0 Å². The van der Waals surface area contributed by atoms with E-state index in [-0.39, 0.29) is 11.3 Å². The van der Waals surface area contributed by atoms with Crippen LogP contribution >= 0.6 is 0 Å². The van der Waals surface area contributed by atoms with Gasteiger partial charge in [-0.25, -0.2) is 4.79 Å². The fourth-order valence-corrected chi connectivity index (χ4v) is 2.73. The first-order chi connectivity index (χ1) is 13.8. The second-order valence-electron chi connectivity index (χ2n) is 7.53. The number of nitrogens with one attached hydrogen (secondary N) is 1. The number of methoxy groups -OCH3 is 1. The number of nitrogens with zero attached hydrogens (tertiary/aromatic N) is 2. The molecule has 0 fully saturated rings. The van der Waals surface area contributed by atoms with Crippen LogP contribution in [0, 0.1) is 16.7 Å². The minimum Gasteiger partial charge on any atom is -0.453 e. The number of rotatable bonds is 7. The highest BCUT2D eigenvalue weighted by atomic mass is 16.5. The molecule has 152 valence electrons. The molecule has 7 nitrogen and oxygen atoms in total. The topological polar surface area (TPSA) is 108 Å². The van der Waals surface area contributed by atoms with Crippen LogP contribution in [-0.2, 0) is 11.3 Å². The van der Waals surface area contributed by atoms with Crippen molar-refractivity contribution in [3.05, 3.63) is 65.2 Å². The lowest BCUT2D eigenvalue weighted by molar-refractivity contribution is 0.0673. The SMILES string of the molecule is COC(=O)Nc1ccc(CN(CC(C)(C)CN)C(=O)c2ccc(C#N)cc2)cc1. The minimum atomic E-state index is -0.542. The van der Waals surface area contributed by atoms with Crippen molar-refractivity contribution in [1.29, 1.82) is 5.26 Å². The van der Waals surface area contributed by atoms with Gasteiger partial charge >= 0.3 is 6.09 Å². The van der Waals surface area contributed by atoms with Gasteiger partial charge in [0.15, 0.2) is 0 Å². The Morgan fingerprint density at radius 3 is 2.28 bits per heavy atom. The number of carbonyl (C=O) groups excluding carboxylic acids is 2. The Kier molecular flexibility index (Phi) is 7.34. The van der Waals surface area contributed by atoms with Crippen molar-refractivity contribution in [2.24, 2.45) is 11.1 Å². The molecule has 2 amide bonds. The van der Waals surface area contributed by atoms with Crippen LogP contribution in [0.2, 0.25) is 0 Å². The molecule has 0 bridgehead atoms. The molecular weight excluding hydrogens is 368 g/mol. The van der Waals surface area contributed by atoms with E-state index >= 15 is 0 Å². The molecule has 0 aromatic heterocycles. The van der Waals surface area contributed by atoms with E-state index < -0.39 is 6.09 Å². The van der Waals surface area contributed by atoms with Gasteiger partial charge in [0.05, 0.1) is 18.7 Å². The maximum atomic E-state index is 13.1. The molecule has 2 aromatic rings. The Morgan fingerprint density at radius 1 is 1.14 bits per heavy atom. The van der Waals surface area contributed by atoms with E-state index in [0.29, 0.717) is 36.4 Å². The summed E-state index contributed by atoms with van der Waals surface area (Å²) in [7, 11) is 1.30. The number of nitrogens with two attached hydrogens (primary N) is 1. The molecule has 0 radical (unpaired) electrons. The van der Waals surface area contributed by atoms with Gasteiger partial charge in [-0.05, 0) is 53.9 Å². The first-order valence-corrected chi connectivity index (χ1v) is 9.21. The molecule has 0 saturated heterocycles. The Bertz CT molecular complexity index is 884. The second-order valence-corrected chi connectivity index (χ2v) is 7.53. The maximum absolute atomic E-state index is 13.1. The summed E-state index contributed by atoms with van der Waals surface area (Å²) in [6.07, 6.45) is -0.542. The zero-order valence-corrected chi connectivity index (χ0v) is 16.9. The molecule has 0 unspecified atom stereocenters. The van der Waals surface area contributed by atoms with Crippen LogP contribution in [0.4, 0.5) is 10.5 Å². The van der Waals surface area contributed by atoms with Gasteiger partial charge in [0.1, 0.15) is 0 Å². The molecule has 0 spiro atoms. The van der Waals surface area contributed by atoms with Crippen molar-refractivity contribution in [1.82, 2.24) is 4.90 Å². The van der Waals surface area contributed by atoms with Crippen LogP contribution in [-0.4, -0.2) is 37.1 Å². The van der Waals surface area contributed by atoms with E-state index in [9.17, 15) is 9.59 Å². The first kappa shape index (κ1) is 21.9. The Labute approximate surface area is 171 Å². The van der Waals surface area contributed by atoms with Gasteiger partial charge in [0.2, 0.25) is 0 Å². The van der Waals surface area contributed by atoms with E-state index in [1.165, 1.54) is 7.11 Å². The van der Waals surface area contributed by atoms with Gasteiger partial charge in [0, 0.05) is 24.3 Å². The molecule has 2 rings (SSSR count). The van der Waals surface area contributed by atoms with Crippen LogP contribution in [0.15, 0.2) is 48.5 Å². The summed E-state index contributed by atoms with van der Waals surface area (Å²) in [5.41, 5.74) is 8.16. The van der Waals surface area contributed by atoms with E-state index in [2.05, 4.69) is 16.1 Å². The third-order valence-electron chi connectivity index (χ3n) is 4.48. The standard InChI is InChI=1S/C22H26N4O3/c1-22(2,14-24)15-26(20(27)18-8-4-16(12-23)5-9-18)13-17-6-10-19(11-7-17)25-21(28)29-3/h4-11H,13-15,24H2,1-3H3,(H,25,28). The monoisotopic (exact) mass is 394 g/mol. The second kappa shape index (κ2) is 9.71. The van der Waals surface area contributed by atoms with Crippen molar-refractivity contribution in [3.8, 4) is 6.07 Å². The molecule has 0 heterocycles. The number of nitriles is 1. The molecule has 0 atom stereocenters. The highest BCUT2D eigenvalue weighted by molar-refractivity contribution is 5.94. The Morgan fingerprint density at radius 2 is 1.76 bits per heavy atom. The van der Waals surface area contributed by atoms with Gasteiger partial charge in [0.25, 0.3) is 5.91 Å². The summed E-state index contributed by atoms with van der Waals surface area (Å²) < 4.78 is 4.58. The maximum Gasteiger partial charge on any atom is 0.411 e. The zero-order chi connectivity index (χ0) is 21.4. The van der Waals surface area contributed by atoms with Crippen molar-refractivity contribution in [2.45, 2.75) is 20.4 Å². The van der Waals surface area contributed by atoms with Crippen LogP contribution in [0.3, 0.4) is 0 Å². The van der Waals surface area contributed by atoms with Gasteiger partial charge in [-0.1, -0.05) is 26.0 Å². The summed E-state index contributed by atoms with van der Waals surface area (Å²) in [6, 6.07) is 15.8. The fourth-order valence-electron chi connectivity index (χ4n) is 2.73. The lowest BCUT2D eigenvalue weighted by atomic mass is 9.92. The number of benzene rings is 2. The predicted octanol–water partition coefficient (Wildman–Crippen LogP) is 3.36. The Hall–Kier alpha value is -3.37. The third-order valence-corrected chi connectivity index (χ3v) is 4.48. The van der Waals surface area contributed by atoms with Gasteiger partial charge in [-0.2, -0.15) is 5.26 Å². The van der Waals surface area contributed by atoms with E-state index in [4.69, 9.17) is 11.0 Å². The number of amides is 2. The van der Waals surface area contributed by atoms with E-state index in [1.54, 1.807) is 41.3 Å². The summed E-state index contributed by atoms with van der Waals surface area (Å²) in [6.45, 7) is 5.32. The molecule has 0 aliphatic carbocycles. The minimum absolute atomic E-state index is 0.132. The number of ether oxygens (including phenoxy) is 1. The van der Waals surface area contributed by atoms with Crippen molar-refractivity contribution in [3.63, 3.8) is 0 Å². The quantitative estimate of drug-likeness (QED) is 0.748. The van der Waals surface area contributed by atoms with Crippen molar-refractivity contribution < 1.29 is 14.3 Å².